The van der Waals surface area contributed by atoms with Crippen molar-refractivity contribution >= 4 is 22.4 Å². The predicted octanol–water partition coefficient (Wildman–Crippen LogP) is 3.28. The Morgan fingerprint density at radius 2 is 1.87 bits per heavy atom. The Balaban J connectivity index is 2.00. The molecule has 0 radical (unpaired) electrons. The molecule has 0 aliphatic carbocycles. The summed E-state index contributed by atoms with van der Waals surface area (Å²) in [4.78, 5) is 28.2. The molecular weight excluding hydrogens is 300 g/mol. The van der Waals surface area contributed by atoms with Crippen LogP contribution < -0.4 is 0 Å². The third-order valence-electron chi connectivity index (χ3n) is 3.52. The number of nitro groups is 2. The number of aromatic nitrogens is 2. The van der Waals surface area contributed by atoms with Crippen LogP contribution >= 0.6 is 0 Å². The van der Waals surface area contributed by atoms with E-state index in [0.717, 1.165) is 22.7 Å². The fraction of sp³-hybridized carbons (Fsp3) is 0.133. The molecule has 0 aliphatic heterocycles. The molecule has 0 spiro atoms. The molecule has 0 atom stereocenters. The molecule has 116 valence electrons. The van der Waals surface area contributed by atoms with Crippen LogP contribution in [0.3, 0.4) is 0 Å². The van der Waals surface area contributed by atoms with E-state index in [0.29, 0.717) is 11.4 Å². The van der Waals surface area contributed by atoms with Gasteiger partial charge in [0.25, 0.3) is 11.4 Å². The summed E-state index contributed by atoms with van der Waals surface area (Å²) in [6.45, 7) is 1.96. The Kier molecular flexibility index (Phi) is 3.49. The molecule has 8 heteroatoms. The van der Waals surface area contributed by atoms with Gasteiger partial charge in [-0.15, -0.1) is 0 Å². The van der Waals surface area contributed by atoms with Crippen LogP contribution in [0, 0.1) is 27.2 Å². The topological polar surface area (TPSA) is 115 Å². The zero-order chi connectivity index (χ0) is 16.6. The molecular formula is C15H12N4O4. The lowest BCUT2D eigenvalue weighted by Gasteiger charge is -2.01. The van der Waals surface area contributed by atoms with E-state index in [1.54, 1.807) is 0 Å². The van der Waals surface area contributed by atoms with Crippen molar-refractivity contribution in [3.63, 3.8) is 0 Å². The van der Waals surface area contributed by atoms with Gasteiger partial charge in [0.15, 0.2) is 0 Å². The van der Waals surface area contributed by atoms with Crippen molar-refractivity contribution in [2.75, 3.05) is 0 Å². The highest BCUT2D eigenvalue weighted by Crippen LogP contribution is 2.26. The molecule has 0 aliphatic rings. The van der Waals surface area contributed by atoms with Crippen LogP contribution in [-0.2, 0) is 6.42 Å². The third kappa shape index (κ3) is 2.86. The van der Waals surface area contributed by atoms with Crippen LogP contribution in [-0.4, -0.2) is 19.8 Å². The zero-order valence-electron chi connectivity index (χ0n) is 12.1. The lowest BCUT2D eigenvalue weighted by Crippen LogP contribution is -1.99. The average molecular weight is 312 g/mol. The van der Waals surface area contributed by atoms with Gasteiger partial charge in [-0.05, 0) is 30.7 Å². The van der Waals surface area contributed by atoms with Crippen molar-refractivity contribution in [1.82, 2.24) is 9.97 Å². The molecule has 3 aromatic rings. The van der Waals surface area contributed by atoms with E-state index in [1.807, 2.05) is 25.1 Å². The number of nitrogens with one attached hydrogen (secondary N) is 1. The first-order valence-electron chi connectivity index (χ1n) is 6.81. The monoisotopic (exact) mass is 312 g/mol. The molecule has 1 heterocycles. The van der Waals surface area contributed by atoms with Crippen LogP contribution in [0.15, 0.2) is 36.4 Å². The van der Waals surface area contributed by atoms with Crippen molar-refractivity contribution in [1.29, 1.82) is 0 Å². The number of benzene rings is 2. The Bertz CT molecular complexity index is 932. The summed E-state index contributed by atoms with van der Waals surface area (Å²) in [5, 5.41) is 21.9. The fourth-order valence-corrected chi connectivity index (χ4v) is 2.43. The van der Waals surface area contributed by atoms with E-state index in [4.69, 9.17) is 0 Å². The number of nitro benzene ring substituents is 2. The van der Waals surface area contributed by atoms with E-state index < -0.39 is 9.85 Å². The number of imidazole rings is 1. The Hall–Kier alpha value is -3.29. The minimum atomic E-state index is -0.652. The zero-order valence-corrected chi connectivity index (χ0v) is 12.1. The molecule has 0 fully saturated rings. The maximum atomic E-state index is 11.2. The number of nitrogens with zero attached hydrogens (tertiary/aromatic N) is 3. The number of hydrogen-bond donors (Lipinski definition) is 1. The minimum absolute atomic E-state index is 0.196. The number of aryl methyl sites for hydroxylation is 1. The first-order chi connectivity index (χ1) is 10.9. The summed E-state index contributed by atoms with van der Waals surface area (Å²) in [5.74, 6) is 0.572. The van der Waals surface area contributed by atoms with E-state index in [1.165, 1.54) is 12.1 Å². The van der Waals surface area contributed by atoms with Gasteiger partial charge < -0.3 is 4.98 Å². The summed E-state index contributed by atoms with van der Waals surface area (Å²) < 4.78 is 0. The van der Waals surface area contributed by atoms with Gasteiger partial charge in [-0.2, -0.15) is 0 Å². The number of non-ortho nitro benzene ring substituents is 1. The summed E-state index contributed by atoms with van der Waals surface area (Å²) >= 11 is 0. The molecule has 3 rings (SSSR count). The summed E-state index contributed by atoms with van der Waals surface area (Å²) in [5.41, 5.74) is 2.49. The highest BCUT2D eigenvalue weighted by atomic mass is 16.6. The van der Waals surface area contributed by atoms with Crippen molar-refractivity contribution in [3.05, 3.63) is 73.6 Å². The first kappa shape index (κ1) is 14.6. The number of hydrogen-bond acceptors (Lipinski definition) is 5. The molecule has 8 nitrogen and oxygen atoms in total. The Morgan fingerprint density at radius 3 is 2.57 bits per heavy atom. The van der Waals surface area contributed by atoms with Crippen molar-refractivity contribution in [2.45, 2.75) is 13.3 Å². The van der Waals surface area contributed by atoms with Crippen LogP contribution in [0.4, 0.5) is 11.4 Å². The van der Waals surface area contributed by atoms with Gasteiger partial charge in [-0.3, -0.25) is 20.2 Å². The molecule has 0 amide bonds. The standard InChI is InChI=1S/C15H12N4O4/c1-9-2-5-12-13(6-9)17-15(16-12)7-10-3-4-11(18(20)21)8-14(10)19(22)23/h2-6,8H,7H2,1H3,(H,16,17). The van der Waals surface area contributed by atoms with E-state index in [2.05, 4.69) is 9.97 Å². The Labute approximate surface area is 130 Å². The fourth-order valence-electron chi connectivity index (χ4n) is 2.43. The van der Waals surface area contributed by atoms with Crippen LogP contribution in [0.5, 0.6) is 0 Å². The second-order valence-corrected chi connectivity index (χ2v) is 5.21. The Morgan fingerprint density at radius 1 is 1.09 bits per heavy atom. The molecule has 2 aromatic carbocycles. The van der Waals surface area contributed by atoms with E-state index in [9.17, 15) is 20.2 Å². The van der Waals surface area contributed by atoms with E-state index in [-0.39, 0.29) is 17.8 Å². The maximum Gasteiger partial charge on any atom is 0.279 e. The quantitative estimate of drug-likeness (QED) is 0.586. The summed E-state index contributed by atoms with van der Waals surface area (Å²) in [6, 6.07) is 9.37. The lowest BCUT2D eigenvalue weighted by molar-refractivity contribution is -0.394. The normalized spacial score (nSPS) is 10.8. The van der Waals surface area contributed by atoms with E-state index >= 15 is 0 Å². The van der Waals surface area contributed by atoms with Gasteiger partial charge in [0.2, 0.25) is 0 Å². The molecule has 0 saturated carbocycles. The third-order valence-corrected chi connectivity index (χ3v) is 3.52. The number of H-pyrrole nitrogens is 1. The smallest absolute Gasteiger partial charge is 0.279 e. The molecule has 0 unspecified atom stereocenters. The molecule has 1 N–H and O–H groups in total. The first-order valence-corrected chi connectivity index (χ1v) is 6.81. The maximum absolute atomic E-state index is 11.2. The second-order valence-electron chi connectivity index (χ2n) is 5.21. The number of aromatic amines is 1. The van der Waals surface area contributed by atoms with Crippen molar-refractivity contribution in [3.8, 4) is 0 Å². The second kappa shape index (κ2) is 5.48. The van der Waals surface area contributed by atoms with Crippen molar-refractivity contribution in [2.24, 2.45) is 0 Å². The number of fused-ring (bicyclic) bond motifs is 1. The largest absolute Gasteiger partial charge is 0.342 e. The minimum Gasteiger partial charge on any atom is -0.342 e. The molecule has 0 bridgehead atoms. The molecule has 23 heavy (non-hydrogen) atoms. The highest BCUT2D eigenvalue weighted by molar-refractivity contribution is 5.75. The van der Waals surface area contributed by atoms with Crippen molar-refractivity contribution < 1.29 is 9.85 Å². The molecule has 0 saturated heterocycles. The number of rotatable bonds is 4. The van der Waals surface area contributed by atoms with Gasteiger partial charge in [0.05, 0.1) is 26.9 Å². The van der Waals surface area contributed by atoms with Gasteiger partial charge in [0.1, 0.15) is 5.82 Å². The van der Waals surface area contributed by atoms with Gasteiger partial charge in [-0.1, -0.05) is 6.07 Å². The lowest BCUT2D eigenvalue weighted by atomic mass is 10.1. The van der Waals surface area contributed by atoms with Gasteiger partial charge in [-0.25, -0.2) is 4.98 Å². The van der Waals surface area contributed by atoms with Crippen LogP contribution in [0.1, 0.15) is 17.0 Å². The highest BCUT2D eigenvalue weighted by Gasteiger charge is 2.20. The summed E-state index contributed by atoms with van der Waals surface area (Å²) in [7, 11) is 0. The van der Waals surface area contributed by atoms with Crippen LogP contribution in [0.25, 0.3) is 11.0 Å². The SMILES string of the molecule is Cc1ccc2nc(Cc3ccc([N+](=O)[O-])cc3[N+](=O)[O-])[nH]c2c1. The molecule has 1 aromatic heterocycles. The van der Waals surface area contributed by atoms with Gasteiger partial charge >= 0.3 is 0 Å². The predicted molar refractivity (Wildman–Crippen MR) is 83.4 cm³/mol. The van der Waals surface area contributed by atoms with Crippen LogP contribution in [0.2, 0.25) is 0 Å². The summed E-state index contributed by atoms with van der Waals surface area (Å²) in [6.07, 6.45) is 0.196. The van der Waals surface area contributed by atoms with Gasteiger partial charge in [0, 0.05) is 18.1 Å². The average Bonchev–Trinajstić information content (AvgIpc) is 2.88.